The van der Waals surface area contributed by atoms with Gasteiger partial charge in [-0.1, -0.05) is 72.8 Å². The van der Waals surface area contributed by atoms with E-state index in [-0.39, 0.29) is 11.4 Å². The highest BCUT2D eigenvalue weighted by Crippen LogP contribution is 2.39. The number of hydrogen-bond acceptors (Lipinski definition) is 6. The van der Waals surface area contributed by atoms with Crippen LogP contribution in [-0.2, 0) is 15.8 Å². The van der Waals surface area contributed by atoms with Gasteiger partial charge in [-0.2, -0.15) is 13.2 Å². The molecular formula is C42H32F3N3O5S. The SMILES string of the molecule is COc1ccccc1-c1ccc(/C=C(\NC(=O)c2ccccc2)C(=O)Nc2ccc(S[C@H](C(=O)Nc3ccccc3C(F)(F)F)c3ccccc3)cc2)o1. The number of methoxy groups -OCH3 is 1. The van der Waals surface area contributed by atoms with Gasteiger partial charge in [0.25, 0.3) is 11.8 Å². The van der Waals surface area contributed by atoms with Crippen molar-refractivity contribution in [1.82, 2.24) is 5.32 Å². The highest BCUT2D eigenvalue weighted by Gasteiger charge is 2.34. The smallest absolute Gasteiger partial charge is 0.418 e. The van der Waals surface area contributed by atoms with E-state index in [4.69, 9.17) is 9.15 Å². The summed E-state index contributed by atoms with van der Waals surface area (Å²) in [6.45, 7) is 0. The summed E-state index contributed by atoms with van der Waals surface area (Å²) >= 11 is 1.13. The van der Waals surface area contributed by atoms with E-state index in [9.17, 15) is 27.6 Å². The normalized spacial score (nSPS) is 12.0. The first kappa shape index (κ1) is 37.2. The van der Waals surface area contributed by atoms with Crippen LogP contribution in [0.3, 0.4) is 0 Å². The molecule has 1 aromatic heterocycles. The maximum atomic E-state index is 13.7. The summed E-state index contributed by atoms with van der Waals surface area (Å²) in [5, 5.41) is 7.01. The van der Waals surface area contributed by atoms with Gasteiger partial charge in [-0.3, -0.25) is 14.4 Å². The van der Waals surface area contributed by atoms with Gasteiger partial charge in [-0.25, -0.2) is 0 Å². The Morgan fingerprint density at radius 3 is 2.09 bits per heavy atom. The van der Waals surface area contributed by atoms with Crippen LogP contribution in [0.1, 0.15) is 32.5 Å². The molecule has 0 saturated carbocycles. The van der Waals surface area contributed by atoms with E-state index in [0.29, 0.717) is 44.5 Å². The lowest BCUT2D eigenvalue weighted by Gasteiger charge is -2.19. The van der Waals surface area contributed by atoms with Crippen molar-refractivity contribution in [1.29, 1.82) is 0 Å². The summed E-state index contributed by atoms with van der Waals surface area (Å²) in [5.74, 6) is -0.404. The van der Waals surface area contributed by atoms with Crippen LogP contribution >= 0.6 is 11.8 Å². The molecule has 272 valence electrons. The number of thioether (sulfide) groups is 1. The fourth-order valence-electron chi connectivity index (χ4n) is 5.40. The lowest BCUT2D eigenvalue weighted by atomic mass is 10.1. The molecule has 0 aliphatic heterocycles. The van der Waals surface area contributed by atoms with Crippen molar-refractivity contribution >= 4 is 46.9 Å². The Morgan fingerprint density at radius 2 is 1.39 bits per heavy atom. The van der Waals surface area contributed by atoms with Gasteiger partial charge in [-0.15, -0.1) is 11.8 Å². The number of carbonyl (C=O) groups is 3. The summed E-state index contributed by atoms with van der Waals surface area (Å²) in [6.07, 6.45) is -3.24. The van der Waals surface area contributed by atoms with Gasteiger partial charge in [0.05, 0.1) is 23.9 Å². The molecule has 12 heteroatoms. The second kappa shape index (κ2) is 16.9. The molecule has 0 aliphatic rings. The molecule has 3 amide bonds. The number of para-hydroxylation sites is 2. The van der Waals surface area contributed by atoms with Crippen LogP contribution in [0, 0.1) is 0 Å². The minimum absolute atomic E-state index is 0.0943. The molecule has 6 aromatic rings. The third kappa shape index (κ3) is 9.27. The zero-order chi connectivity index (χ0) is 38.1. The maximum Gasteiger partial charge on any atom is 0.418 e. The Balaban J connectivity index is 1.22. The zero-order valence-corrected chi connectivity index (χ0v) is 29.4. The molecule has 0 saturated heterocycles. The predicted molar refractivity (Wildman–Crippen MR) is 203 cm³/mol. The van der Waals surface area contributed by atoms with Crippen LogP contribution < -0.4 is 20.7 Å². The van der Waals surface area contributed by atoms with E-state index in [1.54, 1.807) is 110 Å². The number of anilines is 2. The van der Waals surface area contributed by atoms with E-state index in [0.717, 1.165) is 17.8 Å². The van der Waals surface area contributed by atoms with Gasteiger partial charge >= 0.3 is 6.18 Å². The molecule has 3 N–H and O–H groups in total. The molecule has 6 rings (SSSR count). The largest absolute Gasteiger partial charge is 0.496 e. The Hall–Kier alpha value is -6.53. The molecule has 5 aromatic carbocycles. The summed E-state index contributed by atoms with van der Waals surface area (Å²) in [7, 11) is 1.55. The first-order chi connectivity index (χ1) is 26.1. The van der Waals surface area contributed by atoms with Gasteiger partial charge in [0.1, 0.15) is 28.2 Å². The number of ether oxygens (including phenoxy) is 1. The Labute approximate surface area is 313 Å². The fourth-order valence-corrected chi connectivity index (χ4v) is 6.42. The number of amides is 3. The van der Waals surface area contributed by atoms with Gasteiger partial charge < -0.3 is 25.1 Å². The van der Waals surface area contributed by atoms with Gasteiger partial charge in [0.15, 0.2) is 0 Å². The predicted octanol–water partition coefficient (Wildman–Crippen LogP) is 9.86. The second-order valence-corrected chi connectivity index (χ2v) is 12.9. The van der Waals surface area contributed by atoms with Crippen molar-refractivity contribution < 1.29 is 36.7 Å². The third-order valence-corrected chi connectivity index (χ3v) is 9.28. The lowest BCUT2D eigenvalue weighted by Crippen LogP contribution is -2.30. The lowest BCUT2D eigenvalue weighted by molar-refractivity contribution is -0.137. The highest BCUT2D eigenvalue weighted by molar-refractivity contribution is 8.00. The molecule has 0 fully saturated rings. The molecule has 0 spiro atoms. The van der Waals surface area contributed by atoms with Crippen molar-refractivity contribution in [3.63, 3.8) is 0 Å². The van der Waals surface area contributed by atoms with Gasteiger partial charge in [-0.05, 0) is 78.4 Å². The number of halogens is 3. The number of furan rings is 1. The average Bonchev–Trinajstić information content (AvgIpc) is 3.66. The van der Waals surface area contributed by atoms with E-state index >= 15 is 0 Å². The number of alkyl halides is 3. The second-order valence-electron chi connectivity index (χ2n) is 11.7. The van der Waals surface area contributed by atoms with Crippen LogP contribution in [0.4, 0.5) is 24.5 Å². The molecule has 1 atom stereocenters. The van der Waals surface area contributed by atoms with Crippen molar-refractivity contribution in [2.24, 2.45) is 0 Å². The number of nitrogens with one attached hydrogen (secondary N) is 3. The molecule has 0 aliphatic carbocycles. The molecule has 54 heavy (non-hydrogen) atoms. The Bertz CT molecular complexity index is 2270. The number of rotatable bonds is 12. The minimum Gasteiger partial charge on any atom is -0.496 e. The summed E-state index contributed by atoms with van der Waals surface area (Å²) in [6, 6.07) is 39.2. The van der Waals surface area contributed by atoms with Crippen LogP contribution in [-0.4, -0.2) is 24.8 Å². The van der Waals surface area contributed by atoms with E-state index in [2.05, 4.69) is 16.0 Å². The van der Waals surface area contributed by atoms with Crippen LogP contribution in [0.5, 0.6) is 5.75 Å². The van der Waals surface area contributed by atoms with Crippen LogP contribution in [0.15, 0.2) is 161 Å². The van der Waals surface area contributed by atoms with Crippen molar-refractivity contribution in [3.8, 4) is 17.1 Å². The third-order valence-electron chi connectivity index (χ3n) is 8.01. The molecule has 0 unspecified atom stereocenters. The van der Waals surface area contributed by atoms with Crippen molar-refractivity contribution in [2.75, 3.05) is 17.7 Å². The topological polar surface area (TPSA) is 110 Å². The quantitative estimate of drug-likeness (QED) is 0.0850. The molecule has 8 nitrogen and oxygen atoms in total. The molecule has 0 bridgehead atoms. The minimum atomic E-state index is -4.66. The van der Waals surface area contributed by atoms with Gasteiger partial charge in [0.2, 0.25) is 5.91 Å². The fraction of sp³-hybridized carbons (Fsp3) is 0.0714. The molecule has 1 heterocycles. The first-order valence-corrected chi connectivity index (χ1v) is 17.4. The van der Waals surface area contributed by atoms with E-state index in [1.165, 1.54) is 24.3 Å². The van der Waals surface area contributed by atoms with E-state index in [1.807, 2.05) is 18.2 Å². The summed E-state index contributed by atoms with van der Waals surface area (Å²) in [5.41, 5.74) is 0.607. The Morgan fingerprint density at radius 1 is 0.741 bits per heavy atom. The van der Waals surface area contributed by atoms with Crippen LogP contribution in [0.2, 0.25) is 0 Å². The van der Waals surface area contributed by atoms with E-state index < -0.39 is 34.7 Å². The van der Waals surface area contributed by atoms with Crippen molar-refractivity contribution in [3.05, 3.63) is 174 Å². The number of benzene rings is 5. The summed E-state index contributed by atoms with van der Waals surface area (Å²) < 4.78 is 52.5. The maximum absolute atomic E-state index is 13.7. The molecule has 0 radical (unpaired) electrons. The monoisotopic (exact) mass is 747 g/mol. The first-order valence-electron chi connectivity index (χ1n) is 16.5. The highest BCUT2D eigenvalue weighted by atomic mass is 32.2. The Kier molecular flexibility index (Phi) is 11.6. The number of carbonyl (C=O) groups excluding carboxylic acids is 3. The zero-order valence-electron chi connectivity index (χ0n) is 28.6. The number of hydrogen-bond donors (Lipinski definition) is 3. The average molecular weight is 748 g/mol. The standard InChI is InChI=1S/C42H32F3N3O5S/c1-52-36-19-11-8-16-32(36)37-25-22-30(53-37)26-35(48-39(49)28-14-6-3-7-15-28)40(50)46-29-20-23-31(24-21-29)54-38(27-12-4-2-5-13-27)41(51)47-34-18-10-9-17-33(34)42(43,44)45/h2-26,38H,1H3,(H,46,50)(H,47,51)(H,48,49)/b35-26-/t38-/m0/s1. The summed E-state index contributed by atoms with van der Waals surface area (Å²) in [4.78, 5) is 41.0. The van der Waals surface area contributed by atoms with Crippen LogP contribution in [0.25, 0.3) is 17.4 Å². The van der Waals surface area contributed by atoms with Gasteiger partial charge in [0, 0.05) is 22.2 Å². The molecular weight excluding hydrogens is 716 g/mol. The van der Waals surface area contributed by atoms with Crippen molar-refractivity contribution in [2.45, 2.75) is 16.3 Å².